The quantitative estimate of drug-likeness (QED) is 0.784. The van der Waals surface area contributed by atoms with Gasteiger partial charge < -0.3 is 10.0 Å². The summed E-state index contributed by atoms with van der Waals surface area (Å²) in [4.78, 5) is 2.23. The number of piperidine rings is 1. The van der Waals surface area contributed by atoms with E-state index in [0.717, 1.165) is 24.2 Å². The van der Waals surface area contributed by atoms with E-state index in [1.807, 2.05) is 36.4 Å². The lowest BCUT2D eigenvalue weighted by Crippen LogP contribution is -2.39. The fourth-order valence-electron chi connectivity index (χ4n) is 2.95. The second-order valence-corrected chi connectivity index (χ2v) is 6.81. The summed E-state index contributed by atoms with van der Waals surface area (Å²) < 4.78 is 0. The second kappa shape index (κ2) is 6.67. The molecule has 0 saturated carbocycles. The van der Waals surface area contributed by atoms with E-state index >= 15 is 0 Å². The Balaban J connectivity index is 1.98. The van der Waals surface area contributed by atoms with Crippen LogP contribution in [0, 0.1) is 0 Å². The van der Waals surface area contributed by atoms with Crippen molar-refractivity contribution in [3.05, 3.63) is 63.1 Å². The van der Waals surface area contributed by atoms with Crippen molar-refractivity contribution < 1.29 is 5.11 Å². The van der Waals surface area contributed by atoms with Crippen molar-refractivity contribution in [2.45, 2.75) is 25.0 Å². The van der Waals surface area contributed by atoms with Gasteiger partial charge >= 0.3 is 0 Å². The predicted molar refractivity (Wildman–Crippen MR) is 93.2 cm³/mol. The molecule has 1 heterocycles. The van der Waals surface area contributed by atoms with Crippen LogP contribution in [0.4, 0.5) is 5.69 Å². The molecule has 2 aromatic carbocycles. The van der Waals surface area contributed by atoms with E-state index in [0.29, 0.717) is 21.5 Å². The molecule has 5 heteroatoms. The average molecular weight is 357 g/mol. The van der Waals surface area contributed by atoms with Crippen LogP contribution in [0.1, 0.15) is 24.4 Å². The molecule has 1 N–H and O–H groups in total. The Hall–Kier alpha value is -0.930. The van der Waals surface area contributed by atoms with Gasteiger partial charge in [0.05, 0.1) is 22.9 Å². The number of benzene rings is 2. The van der Waals surface area contributed by atoms with Crippen LogP contribution in [-0.2, 0) is 0 Å². The van der Waals surface area contributed by atoms with Crippen LogP contribution in [0.5, 0.6) is 0 Å². The molecule has 2 atom stereocenters. The van der Waals surface area contributed by atoms with Gasteiger partial charge in [0, 0.05) is 16.6 Å². The van der Waals surface area contributed by atoms with Crippen LogP contribution < -0.4 is 4.90 Å². The zero-order valence-corrected chi connectivity index (χ0v) is 14.1. The summed E-state index contributed by atoms with van der Waals surface area (Å²) in [6.45, 7) is 0.746. The molecule has 1 aliphatic heterocycles. The molecule has 0 spiro atoms. The highest BCUT2D eigenvalue weighted by molar-refractivity contribution is 6.36. The molecule has 1 fully saturated rings. The lowest BCUT2D eigenvalue weighted by Gasteiger charge is -2.40. The van der Waals surface area contributed by atoms with Gasteiger partial charge in [-0.2, -0.15) is 0 Å². The molecule has 0 bridgehead atoms. The highest BCUT2D eigenvalue weighted by Gasteiger charge is 2.29. The Labute approximate surface area is 145 Å². The van der Waals surface area contributed by atoms with E-state index in [1.54, 1.807) is 6.07 Å². The Kier molecular flexibility index (Phi) is 4.84. The Morgan fingerprint density at radius 1 is 0.955 bits per heavy atom. The number of hydrogen-bond donors (Lipinski definition) is 1. The molecule has 1 saturated heterocycles. The van der Waals surface area contributed by atoms with E-state index in [9.17, 15) is 5.11 Å². The van der Waals surface area contributed by atoms with E-state index in [-0.39, 0.29) is 12.1 Å². The van der Waals surface area contributed by atoms with Gasteiger partial charge in [-0.1, -0.05) is 46.9 Å². The average Bonchev–Trinajstić information content (AvgIpc) is 2.49. The lowest BCUT2D eigenvalue weighted by atomic mass is 9.93. The summed E-state index contributed by atoms with van der Waals surface area (Å²) in [5.41, 5.74) is 2.06. The van der Waals surface area contributed by atoms with Gasteiger partial charge in [0.1, 0.15) is 0 Å². The van der Waals surface area contributed by atoms with Gasteiger partial charge in [-0.3, -0.25) is 0 Å². The third-order valence-electron chi connectivity index (χ3n) is 4.05. The standard InChI is InChI=1S/C17H16Cl3NO/c18-12-3-1-11(2-4-12)17-10-14(22)7-8-21(17)16-6-5-13(19)9-15(16)20/h1-6,9,14,17,22H,7-8,10H2. The van der Waals surface area contributed by atoms with Gasteiger partial charge in [-0.05, 0) is 48.7 Å². The highest BCUT2D eigenvalue weighted by Crippen LogP contribution is 2.39. The molecule has 1 aliphatic rings. The molecule has 0 amide bonds. The second-order valence-electron chi connectivity index (χ2n) is 5.53. The van der Waals surface area contributed by atoms with Crippen molar-refractivity contribution in [1.29, 1.82) is 0 Å². The van der Waals surface area contributed by atoms with Crippen LogP contribution in [0.2, 0.25) is 15.1 Å². The number of hydrogen-bond acceptors (Lipinski definition) is 2. The first-order valence-electron chi connectivity index (χ1n) is 7.20. The number of rotatable bonds is 2. The molecule has 0 aliphatic carbocycles. The monoisotopic (exact) mass is 355 g/mol. The zero-order valence-electron chi connectivity index (χ0n) is 11.8. The van der Waals surface area contributed by atoms with Crippen molar-refractivity contribution in [3.8, 4) is 0 Å². The maximum atomic E-state index is 10.1. The third-order valence-corrected chi connectivity index (χ3v) is 4.84. The molecule has 22 heavy (non-hydrogen) atoms. The van der Waals surface area contributed by atoms with Gasteiger partial charge in [-0.15, -0.1) is 0 Å². The Bertz CT molecular complexity index is 659. The largest absolute Gasteiger partial charge is 0.393 e. The minimum Gasteiger partial charge on any atom is -0.393 e. The highest BCUT2D eigenvalue weighted by atomic mass is 35.5. The molecular formula is C17H16Cl3NO. The van der Waals surface area contributed by atoms with Crippen LogP contribution >= 0.6 is 34.8 Å². The Morgan fingerprint density at radius 2 is 1.64 bits per heavy atom. The van der Waals surface area contributed by atoms with Crippen molar-refractivity contribution in [1.82, 2.24) is 0 Å². The number of aliphatic hydroxyl groups is 1. The summed E-state index contributed by atoms with van der Waals surface area (Å²) >= 11 is 18.3. The summed E-state index contributed by atoms with van der Waals surface area (Å²) in [6, 6.07) is 13.4. The Morgan fingerprint density at radius 3 is 2.32 bits per heavy atom. The molecular weight excluding hydrogens is 341 g/mol. The molecule has 2 aromatic rings. The molecule has 2 unspecified atom stereocenters. The lowest BCUT2D eigenvalue weighted by molar-refractivity contribution is 0.128. The van der Waals surface area contributed by atoms with Gasteiger partial charge in [0.15, 0.2) is 0 Å². The van der Waals surface area contributed by atoms with E-state index in [4.69, 9.17) is 34.8 Å². The fourth-order valence-corrected chi connectivity index (χ4v) is 3.59. The smallest absolute Gasteiger partial charge is 0.0654 e. The molecule has 0 aromatic heterocycles. The van der Waals surface area contributed by atoms with Crippen LogP contribution in [-0.4, -0.2) is 17.8 Å². The number of anilines is 1. The van der Waals surface area contributed by atoms with Crippen LogP contribution in [0.25, 0.3) is 0 Å². The zero-order chi connectivity index (χ0) is 15.7. The molecule has 3 rings (SSSR count). The van der Waals surface area contributed by atoms with E-state index < -0.39 is 0 Å². The fraction of sp³-hybridized carbons (Fsp3) is 0.294. The minimum atomic E-state index is -0.303. The van der Waals surface area contributed by atoms with Gasteiger partial charge in [0.2, 0.25) is 0 Å². The third kappa shape index (κ3) is 3.36. The minimum absolute atomic E-state index is 0.0692. The van der Waals surface area contributed by atoms with E-state index in [1.165, 1.54) is 0 Å². The first kappa shape index (κ1) is 15.9. The number of aliphatic hydroxyl groups excluding tert-OH is 1. The van der Waals surface area contributed by atoms with Crippen molar-refractivity contribution >= 4 is 40.5 Å². The first-order chi connectivity index (χ1) is 10.5. The number of nitrogens with zero attached hydrogens (tertiary/aromatic N) is 1. The number of halogens is 3. The summed E-state index contributed by atoms with van der Waals surface area (Å²) in [7, 11) is 0. The summed E-state index contributed by atoms with van der Waals surface area (Å²) in [6.07, 6.45) is 1.09. The van der Waals surface area contributed by atoms with Crippen LogP contribution in [0.15, 0.2) is 42.5 Å². The topological polar surface area (TPSA) is 23.5 Å². The summed E-state index contributed by atoms with van der Waals surface area (Å²) in [5, 5.41) is 12.0. The maximum Gasteiger partial charge on any atom is 0.0654 e. The molecule has 2 nitrogen and oxygen atoms in total. The molecule has 0 radical (unpaired) electrons. The van der Waals surface area contributed by atoms with Crippen molar-refractivity contribution in [3.63, 3.8) is 0 Å². The maximum absolute atomic E-state index is 10.1. The van der Waals surface area contributed by atoms with Crippen molar-refractivity contribution in [2.75, 3.05) is 11.4 Å². The van der Waals surface area contributed by atoms with Gasteiger partial charge in [0.25, 0.3) is 0 Å². The van der Waals surface area contributed by atoms with Crippen LogP contribution in [0.3, 0.4) is 0 Å². The SMILES string of the molecule is OC1CCN(c2ccc(Cl)cc2Cl)C(c2ccc(Cl)cc2)C1. The van der Waals surface area contributed by atoms with E-state index in [2.05, 4.69) is 4.90 Å². The van der Waals surface area contributed by atoms with Gasteiger partial charge in [-0.25, -0.2) is 0 Å². The normalized spacial score (nSPS) is 21.9. The first-order valence-corrected chi connectivity index (χ1v) is 8.33. The molecule has 116 valence electrons. The van der Waals surface area contributed by atoms with Crippen molar-refractivity contribution in [2.24, 2.45) is 0 Å². The summed E-state index contributed by atoms with van der Waals surface area (Å²) in [5.74, 6) is 0. The predicted octanol–water partition coefficient (Wildman–Crippen LogP) is 5.35.